The van der Waals surface area contributed by atoms with Crippen LogP contribution in [0.3, 0.4) is 0 Å². The molecule has 17 heavy (non-hydrogen) atoms. The summed E-state index contributed by atoms with van der Waals surface area (Å²) in [5.41, 5.74) is 1.19. The van der Waals surface area contributed by atoms with E-state index in [1.54, 1.807) is 11.8 Å². The number of aliphatic hydroxyl groups excluding tert-OH is 1. The monoisotopic (exact) mass is 256 g/mol. The molecule has 0 fully saturated rings. The molecule has 1 heterocycles. The number of thioether (sulfide) groups is 1. The minimum Gasteiger partial charge on any atom is -0.396 e. The van der Waals surface area contributed by atoms with E-state index in [-0.39, 0.29) is 12.2 Å². The minimum atomic E-state index is -0.119. The van der Waals surface area contributed by atoms with Crippen LogP contribution in [-0.4, -0.2) is 26.9 Å². The average Bonchev–Trinajstić information content (AvgIpc) is 2.30. The number of rotatable bonds is 6. The van der Waals surface area contributed by atoms with Crippen molar-refractivity contribution < 1.29 is 5.11 Å². The number of H-pyrrole nitrogens is 1. The first-order valence-corrected chi connectivity index (χ1v) is 6.94. The second-order valence-electron chi connectivity index (χ2n) is 4.08. The molecule has 0 bridgehead atoms. The van der Waals surface area contributed by atoms with Crippen molar-refractivity contribution in [3.05, 3.63) is 27.4 Å². The highest BCUT2D eigenvalue weighted by atomic mass is 32.2. The Kier molecular flexibility index (Phi) is 5.71. The quantitative estimate of drug-likeness (QED) is 0.812. The summed E-state index contributed by atoms with van der Waals surface area (Å²) in [6, 6.07) is 0. The summed E-state index contributed by atoms with van der Waals surface area (Å²) < 4.78 is 0. The number of nitrogens with one attached hydrogen (secondary N) is 1. The van der Waals surface area contributed by atoms with Crippen LogP contribution in [0.1, 0.15) is 37.4 Å². The lowest BCUT2D eigenvalue weighted by Gasteiger charge is -2.09. The Labute approximate surface area is 106 Å². The summed E-state index contributed by atoms with van der Waals surface area (Å²) in [6.07, 6.45) is 1.48. The summed E-state index contributed by atoms with van der Waals surface area (Å²) >= 11 is 1.78. The van der Waals surface area contributed by atoms with Gasteiger partial charge in [0.1, 0.15) is 5.82 Å². The van der Waals surface area contributed by atoms with Gasteiger partial charge in [0, 0.05) is 29.5 Å². The minimum absolute atomic E-state index is 0.0213. The molecule has 0 aliphatic carbocycles. The smallest absolute Gasteiger partial charge is 0.254 e. The van der Waals surface area contributed by atoms with E-state index in [1.165, 1.54) is 0 Å². The molecule has 1 rings (SSSR count). The maximum Gasteiger partial charge on any atom is 0.254 e. The SMILES string of the molecule is CCC(C)SCc1nc(C)c(CCO)c(=O)[nH]1. The summed E-state index contributed by atoms with van der Waals surface area (Å²) in [5.74, 6) is 1.45. The van der Waals surface area contributed by atoms with E-state index in [9.17, 15) is 4.79 Å². The Balaban J connectivity index is 2.80. The Bertz CT molecular complexity index is 417. The van der Waals surface area contributed by atoms with Crippen LogP contribution in [-0.2, 0) is 12.2 Å². The van der Waals surface area contributed by atoms with Gasteiger partial charge in [0.15, 0.2) is 0 Å². The van der Waals surface area contributed by atoms with Crippen LogP contribution in [0.4, 0.5) is 0 Å². The fourth-order valence-electron chi connectivity index (χ4n) is 1.48. The lowest BCUT2D eigenvalue weighted by Crippen LogP contribution is -2.19. The molecule has 96 valence electrons. The Hall–Kier alpha value is -0.810. The Morgan fingerprint density at radius 2 is 2.24 bits per heavy atom. The number of aryl methyl sites for hydroxylation is 1. The van der Waals surface area contributed by atoms with E-state index in [0.717, 1.165) is 23.7 Å². The third-order valence-corrected chi connectivity index (χ3v) is 4.06. The molecule has 1 aromatic rings. The molecule has 0 aliphatic rings. The van der Waals surface area contributed by atoms with Gasteiger partial charge in [0.2, 0.25) is 0 Å². The second-order valence-corrected chi connectivity index (χ2v) is 5.51. The summed E-state index contributed by atoms with van der Waals surface area (Å²) in [4.78, 5) is 18.9. The molecule has 0 amide bonds. The van der Waals surface area contributed by atoms with Crippen LogP contribution in [0.5, 0.6) is 0 Å². The molecule has 4 nitrogen and oxygen atoms in total. The van der Waals surface area contributed by atoms with Crippen LogP contribution < -0.4 is 5.56 Å². The molecule has 0 aromatic carbocycles. The Morgan fingerprint density at radius 3 is 2.76 bits per heavy atom. The summed E-state index contributed by atoms with van der Waals surface area (Å²) in [5, 5.41) is 9.43. The normalized spacial score (nSPS) is 12.7. The second kappa shape index (κ2) is 6.81. The molecular weight excluding hydrogens is 236 g/mol. The molecule has 0 saturated carbocycles. The van der Waals surface area contributed by atoms with Gasteiger partial charge >= 0.3 is 0 Å². The van der Waals surface area contributed by atoms with Crippen molar-refractivity contribution in [2.45, 2.75) is 44.6 Å². The number of aromatic amines is 1. The highest BCUT2D eigenvalue weighted by molar-refractivity contribution is 7.99. The van der Waals surface area contributed by atoms with E-state index in [0.29, 0.717) is 17.2 Å². The number of nitrogens with zero attached hydrogens (tertiary/aromatic N) is 1. The molecule has 1 unspecified atom stereocenters. The number of aliphatic hydroxyl groups is 1. The van der Waals surface area contributed by atoms with E-state index < -0.39 is 0 Å². The molecule has 1 aromatic heterocycles. The van der Waals surface area contributed by atoms with Crippen LogP contribution in [0.2, 0.25) is 0 Å². The standard InChI is InChI=1S/C12H20N2O2S/c1-4-8(2)17-7-11-13-9(3)10(5-6-15)12(16)14-11/h8,15H,4-7H2,1-3H3,(H,13,14,16). The molecule has 0 aliphatic heterocycles. The van der Waals surface area contributed by atoms with Crippen molar-refractivity contribution in [2.24, 2.45) is 0 Å². The zero-order valence-electron chi connectivity index (χ0n) is 10.6. The first kappa shape index (κ1) is 14.3. The van der Waals surface area contributed by atoms with Gasteiger partial charge in [-0.05, 0) is 13.3 Å². The first-order valence-electron chi connectivity index (χ1n) is 5.89. The predicted octanol–water partition coefficient (Wildman–Crippen LogP) is 1.64. The number of hydrogen-bond acceptors (Lipinski definition) is 4. The molecule has 1 atom stereocenters. The molecule has 5 heteroatoms. The van der Waals surface area contributed by atoms with Crippen molar-refractivity contribution in [3.63, 3.8) is 0 Å². The molecule has 0 spiro atoms. The van der Waals surface area contributed by atoms with Gasteiger partial charge in [0.25, 0.3) is 5.56 Å². The van der Waals surface area contributed by atoms with Crippen molar-refractivity contribution in [3.8, 4) is 0 Å². The average molecular weight is 256 g/mol. The molecule has 0 radical (unpaired) electrons. The number of hydrogen-bond donors (Lipinski definition) is 2. The Morgan fingerprint density at radius 1 is 1.53 bits per heavy atom. The van der Waals surface area contributed by atoms with Crippen molar-refractivity contribution >= 4 is 11.8 Å². The van der Waals surface area contributed by atoms with Gasteiger partial charge in [0.05, 0.1) is 5.75 Å². The largest absolute Gasteiger partial charge is 0.396 e. The highest BCUT2D eigenvalue weighted by Gasteiger charge is 2.08. The van der Waals surface area contributed by atoms with Crippen LogP contribution in [0.15, 0.2) is 4.79 Å². The fraction of sp³-hybridized carbons (Fsp3) is 0.667. The van der Waals surface area contributed by atoms with E-state index in [1.807, 2.05) is 6.92 Å². The topological polar surface area (TPSA) is 66.0 Å². The van der Waals surface area contributed by atoms with Crippen LogP contribution >= 0.6 is 11.8 Å². The van der Waals surface area contributed by atoms with Gasteiger partial charge in [-0.2, -0.15) is 11.8 Å². The number of aromatic nitrogens is 2. The predicted molar refractivity (Wildman–Crippen MR) is 71.4 cm³/mol. The van der Waals surface area contributed by atoms with Gasteiger partial charge in [-0.15, -0.1) is 0 Å². The highest BCUT2D eigenvalue weighted by Crippen LogP contribution is 2.17. The van der Waals surface area contributed by atoms with Crippen molar-refractivity contribution in [1.29, 1.82) is 0 Å². The zero-order chi connectivity index (χ0) is 12.8. The van der Waals surface area contributed by atoms with Gasteiger partial charge < -0.3 is 10.1 Å². The molecular formula is C12H20N2O2S. The van der Waals surface area contributed by atoms with Crippen LogP contribution in [0.25, 0.3) is 0 Å². The lowest BCUT2D eigenvalue weighted by atomic mass is 10.2. The fourth-order valence-corrected chi connectivity index (χ4v) is 2.30. The van der Waals surface area contributed by atoms with Gasteiger partial charge in [-0.3, -0.25) is 4.79 Å². The van der Waals surface area contributed by atoms with E-state index in [4.69, 9.17) is 5.11 Å². The third kappa shape index (κ3) is 4.16. The van der Waals surface area contributed by atoms with Gasteiger partial charge in [-0.25, -0.2) is 4.98 Å². The maximum atomic E-state index is 11.7. The van der Waals surface area contributed by atoms with Crippen LogP contribution in [0, 0.1) is 6.92 Å². The molecule has 0 saturated heterocycles. The van der Waals surface area contributed by atoms with E-state index in [2.05, 4.69) is 23.8 Å². The van der Waals surface area contributed by atoms with Gasteiger partial charge in [-0.1, -0.05) is 13.8 Å². The lowest BCUT2D eigenvalue weighted by molar-refractivity contribution is 0.298. The molecule has 2 N–H and O–H groups in total. The first-order chi connectivity index (χ1) is 8.08. The summed E-state index contributed by atoms with van der Waals surface area (Å²) in [6.45, 7) is 6.10. The zero-order valence-corrected chi connectivity index (χ0v) is 11.4. The third-order valence-electron chi connectivity index (χ3n) is 2.71. The summed E-state index contributed by atoms with van der Waals surface area (Å²) in [7, 11) is 0. The van der Waals surface area contributed by atoms with Crippen molar-refractivity contribution in [1.82, 2.24) is 9.97 Å². The van der Waals surface area contributed by atoms with Crippen molar-refractivity contribution in [2.75, 3.05) is 6.61 Å². The maximum absolute atomic E-state index is 11.7. The van der Waals surface area contributed by atoms with E-state index >= 15 is 0 Å².